The predicted molar refractivity (Wildman–Crippen MR) is 50.7 cm³/mol. The fraction of sp³-hybridized carbons (Fsp3) is 0.333. The molecule has 0 aliphatic carbocycles. The maximum absolute atomic E-state index is 5.96. The van der Waals surface area contributed by atoms with Crippen molar-refractivity contribution in [3.05, 3.63) is 32.8 Å². The first kappa shape index (κ1) is 8.89. The van der Waals surface area contributed by atoms with E-state index in [4.69, 9.17) is 23.2 Å². The molecule has 0 amide bonds. The SMILES string of the molecule is Cc1cc(C)c(Cl)c(Cl)c1C. The third-order valence-electron chi connectivity index (χ3n) is 1.89. The van der Waals surface area contributed by atoms with Crippen LogP contribution in [0, 0.1) is 20.8 Å². The number of rotatable bonds is 0. The van der Waals surface area contributed by atoms with E-state index in [2.05, 4.69) is 0 Å². The molecule has 0 radical (unpaired) electrons. The highest BCUT2D eigenvalue weighted by Crippen LogP contribution is 2.30. The second-order valence-electron chi connectivity index (χ2n) is 2.76. The number of halogens is 2. The minimum atomic E-state index is 0.676. The van der Waals surface area contributed by atoms with Gasteiger partial charge in [0.05, 0.1) is 10.0 Å². The van der Waals surface area contributed by atoms with Crippen LogP contribution in [0.25, 0.3) is 0 Å². The van der Waals surface area contributed by atoms with E-state index < -0.39 is 0 Å². The zero-order chi connectivity index (χ0) is 8.59. The normalized spacial score (nSPS) is 10.3. The molecule has 0 bridgehead atoms. The Kier molecular flexibility index (Phi) is 2.46. The van der Waals surface area contributed by atoms with Crippen molar-refractivity contribution in [1.29, 1.82) is 0 Å². The summed E-state index contributed by atoms with van der Waals surface area (Å²) in [7, 11) is 0. The second-order valence-corrected chi connectivity index (χ2v) is 3.52. The van der Waals surface area contributed by atoms with E-state index in [1.54, 1.807) is 0 Å². The van der Waals surface area contributed by atoms with Crippen LogP contribution in [0.3, 0.4) is 0 Å². The standard InChI is InChI=1S/C9H10Cl2/c1-5-4-6(2)8(10)9(11)7(5)3/h4H,1-3H3. The van der Waals surface area contributed by atoms with Crippen LogP contribution in [0.4, 0.5) is 0 Å². The highest BCUT2D eigenvalue weighted by atomic mass is 35.5. The fourth-order valence-electron chi connectivity index (χ4n) is 1.01. The average molecular weight is 189 g/mol. The van der Waals surface area contributed by atoms with Crippen molar-refractivity contribution in [2.24, 2.45) is 0 Å². The molecule has 0 aromatic heterocycles. The van der Waals surface area contributed by atoms with Gasteiger partial charge >= 0.3 is 0 Å². The lowest BCUT2D eigenvalue weighted by Gasteiger charge is -2.07. The Balaban J connectivity index is 3.46. The van der Waals surface area contributed by atoms with Crippen LogP contribution in [0.15, 0.2) is 6.07 Å². The van der Waals surface area contributed by atoms with Crippen molar-refractivity contribution in [2.75, 3.05) is 0 Å². The fourth-order valence-corrected chi connectivity index (χ4v) is 1.50. The van der Waals surface area contributed by atoms with Crippen LogP contribution in [0.1, 0.15) is 16.7 Å². The lowest BCUT2D eigenvalue weighted by atomic mass is 10.1. The molecule has 0 nitrogen and oxygen atoms in total. The third-order valence-corrected chi connectivity index (χ3v) is 2.95. The Labute approximate surface area is 77.1 Å². The van der Waals surface area contributed by atoms with Gasteiger partial charge < -0.3 is 0 Å². The lowest BCUT2D eigenvalue weighted by molar-refractivity contribution is 1.30. The van der Waals surface area contributed by atoms with Crippen molar-refractivity contribution < 1.29 is 0 Å². The number of benzene rings is 1. The highest BCUT2D eigenvalue weighted by Gasteiger charge is 2.06. The van der Waals surface area contributed by atoms with E-state index in [1.165, 1.54) is 5.56 Å². The molecule has 0 spiro atoms. The molecular formula is C9H10Cl2. The Morgan fingerprint density at radius 3 is 2.00 bits per heavy atom. The molecule has 0 aliphatic rings. The highest BCUT2D eigenvalue weighted by molar-refractivity contribution is 6.43. The largest absolute Gasteiger partial charge is 0.0824 e. The van der Waals surface area contributed by atoms with E-state index in [9.17, 15) is 0 Å². The first-order chi connectivity index (χ1) is 5.04. The van der Waals surface area contributed by atoms with Gasteiger partial charge in [-0.05, 0) is 37.5 Å². The minimum absolute atomic E-state index is 0.676. The van der Waals surface area contributed by atoms with Crippen LogP contribution < -0.4 is 0 Å². The van der Waals surface area contributed by atoms with Gasteiger partial charge in [0.15, 0.2) is 0 Å². The summed E-state index contributed by atoms with van der Waals surface area (Å²) in [6.07, 6.45) is 0. The monoisotopic (exact) mass is 188 g/mol. The molecule has 1 rings (SSSR count). The van der Waals surface area contributed by atoms with Gasteiger partial charge in [-0.25, -0.2) is 0 Å². The van der Waals surface area contributed by atoms with Gasteiger partial charge in [-0.15, -0.1) is 0 Å². The van der Waals surface area contributed by atoms with Gasteiger partial charge in [0.1, 0.15) is 0 Å². The number of hydrogen-bond acceptors (Lipinski definition) is 0. The maximum Gasteiger partial charge on any atom is 0.0626 e. The Morgan fingerprint density at radius 2 is 1.45 bits per heavy atom. The maximum atomic E-state index is 5.96. The van der Waals surface area contributed by atoms with E-state index in [-0.39, 0.29) is 0 Å². The van der Waals surface area contributed by atoms with E-state index in [0.29, 0.717) is 10.0 Å². The zero-order valence-corrected chi connectivity index (χ0v) is 8.35. The summed E-state index contributed by atoms with van der Waals surface area (Å²) in [6, 6.07) is 2.05. The van der Waals surface area contributed by atoms with Crippen molar-refractivity contribution in [3.63, 3.8) is 0 Å². The molecular weight excluding hydrogens is 179 g/mol. The Bertz CT molecular complexity index is 264. The van der Waals surface area contributed by atoms with E-state index in [1.807, 2.05) is 26.8 Å². The summed E-state index contributed by atoms with van der Waals surface area (Å²) in [6.45, 7) is 5.97. The van der Waals surface area contributed by atoms with Crippen molar-refractivity contribution in [2.45, 2.75) is 20.8 Å². The number of hydrogen-bond donors (Lipinski definition) is 0. The van der Waals surface area contributed by atoms with Crippen molar-refractivity contribution >= 4 is 23.2 Å². The summed E-state index contributed by atoms with van der Waals surface area (Å²) in [4.78, 5) is 0. The van der Waals surface area contributed by atoms with E-state index in [0.717, 1.165) is 11.1 Å². The summed E-state index contributed by atoms with van der Waals surface area (Å²) in [5, 5.41) is 1.36. The summed E-state index contributed by atoms with van der Waals surface area (Å²) in [5.74, 6) is 0. The molecule has 0 fully saturated rings. The van der Waals surface area contributed by atoms with Crippen LogP contribution in [-0.2, 0) is 0 Å². The van der Waals surface area contributed by atoms with Gasteiger partial charge in [0.2, 0.25) is 0 Å². The molecule has 0 aliphatic heterocycles. The number of aryl methyl sites for hydroxylation is 2. The molecule has 0 heterocycles. The van der Waals surface area contributed by atoms with Crippen molar-refractivity contribution in [3.8, 4) is 0 Å². The smallest absolute Gasteiger partial charge is 0.0626 e. The van der Waals surface area contributed by atoms with Gasteiger partial charge in [0.25, 0.3) is 0 Å². The van der Waals surface area contributed by atoms with Crippen LogP contribution in [0.2, 0.25) is 10.0 Å². The molecule has 0 saturated carbocycles. The summed E-state index contributed by atoms with van der Waals surface area (Å²) in [5.41, 5.74) is 3.30. The van der Waals surface area contributed by atoms with E-state index >= 15 is 0 Å². The molecule has 0 saturated heterocycles. The van der Waals surface area contributed by atoms with Crippen molar-refractivity contribution in [1.82, 2.24) is 0 Å². The molecule has 0 unspecified atom stereocenters. The molecule has 1 aromatic rings. The minimum Gasteiger partial charge on any atom is -0.0824 e. The Hall–Kier alpha value is -0.200. The predicted octanol–water partition coefficient (Wildman–Crippen LogP) is 3.92. The quantitative estimate of drug-likeness (QED) is 0.580. The molecule has 2 heteroatoms. The third kappa shape index (κ3) is 1.52. The van der Waals surface area contributed by atoms with Crippen LogP contribution in [0.5, 0.6) is 0 Å². The zero-order valence-electron chi connectivity index (χ0n) is 6.83. The first-order valence-electron chi connectivity index (χ1n) is 3.46. The van der Waals surface area contributed by atoms with Gasteiger partial charge in [-0.1, -0.05) is 29.3 Å². The summed E-state index contributed by atoms with van der Waals surface area (Å²) < 4.78 is 0. The topological polar surface area (TPSA) is 0 Å². The first-order valence-corrected chi connectivity index (χ1v) is 4.21. The molecule has 60 valence electrons. The Morgan fingerprint density at radius 1 is 0.909 bits per heavy atom. The molecule has 1 aromatic carbocycles. The van der Waals surface area contributed by atoms with Crippen LogP contribution >= 0.6 is 23.2 Å². The van der Waals surface area contributed by atoms with Gasteiger partial charge in [0, 0.05) is 0 Å². The molecule has 0 N–H and O–H groups in total. The molecule has 0 atom stereocenters. The molecule has 11 heavy (non-hydrogen) atoms. The van der Waals surface area contributed by atoms with Crippen LogP contribution in [-0.4, -0.2) is 0 Å². The second kappa shape index (κ2) is 3.04. The van der Waals surface area contributed by atoms with Gasteiger partial charge in [-0.3, -0.25) is 0 Å². The average Bonchev–Trinajstić information content (AvgIpc) is 1.97. The van der Waals surface area contributed by atoms with Gasteiger partial charge in [-0.2, -0.15) is 0 Å². The summed E-state index contributed by atoms with van der Waals surface area (Å²) >= 11 is 11.9. The lowest BCUT2D eigenvalue weighted by Crippen LogP contribution is -1.86.